The van der Waals surface area contributed by atoms with E-state index in [-0.39, 0.29) is 6.10 Å². The van der Waals surface area contributed by atoms with Crippen molar-refractivity contribution in [2.24, 2.45) is 16.6 Å². The first-order chi connectivity index (χ1) is 9.06. The third-order valence-electron chi connectivity index (χ3n) is 3.39. The minimum atomic E-state index is 0.182. The van der Waals surface area contributed by atoms with E-state index in [1.165, 1.54) is 0 Å². The van der Waals surface area contributed by atoms with Gasteiger partial charge in [-0.3, -0.25) is 9.89 Å². The van der Waals surface area contributed by atoms with Crippen LogP contribution in [-0.4, -0.2) is 67.7 Å². The Labute approximate surface area is 117 Å². The molecule has 5 heteroatoms. The molecule has 1 atom stereocenters. The molecule has 1 aliphatic heterocycles. The van der Waals surface area contributed by atoms with E-state index in [1.54, 1.807) is 0 Å². The summed E-state index contributed by atoms with van der Waals surface area (Å²) >= 11 is 0. The molecule has 1 rings (SSSR count). The summed E-state index contributed by atoms with van der Waals surface area (Å²) in [5.41, 5.74) is 5.98. The molecule has 19 heavy (non-hydrogen) atoms. The molecule has 1 fully saturated rings. The molecule has 1 aliphatic rings. The number of hydrogen-bond acceptors (Lipinski definition) is 3. The fourth-order valence-corrected chi connectivity index (χ4v) is 2.42. The highest BCUT2D eigenvalue weighted by Gasteiger charge is 2.20. The van der Waals surface area contributed by atoms with E-state index in [4.69, 9.17) is 10.5 Å². The molecule has 1 saturated heterocycles. The Balaban J connectivity index is 2.41. The first kappa shape index (κ1) is 16.2. The minimum absolute atomic E-state index is 0.182. The van der Waals surface area contributed by atoms with Crippen LogP contribution in [0.1, 0.15) is 27.7 Å². The van der Waals surface area contributed by atoms with Crippen LogP contribution in [0, 0.1) is 5.92 Å². The van der Waals surface area contributed by atoms with Crippen molar-refractivity contribution in [3.8, 4) is 0 Å². The molecule has 0 amide bonds. The number of morpholine rings is 1. The van der Waals surface area contributed by atoms with E-state index < -0.39 is 0 Å². The zero-order valence-corrected chi connectivity index (χ0v) is 12.9. The first-order valence-corrected chi connectivity index (χ1v) is 7.45. The molecule has 0 radical (unpaired) electrons. The minimum Gasteiger partial charge on any atom is -0.374 e. The molecule has 0 spiro atoms. The second-order valence-corrected chi connectivity index (χ2v) is 5.52. The maximum Gasteiger partial charge on any atom is 0.191 e. The Hall–Kier alpha value is -0.810. The third kappa shape index (κ3) is 5.78. The molecule has 0 bridgehead atoms. The summed E-state index contributed by atoms with van der Waals surface area (Å²) in [6.45, 7) is 15.1. The topological polar surface area (TPSA) is 54.1 Å². The SMILES string of the molecule is CCN(CC)C(N)=NCC1CN(CC(C)C)CCO1. The van der Waals surface area contributed by atoms with Gasteiger partial charge in [0.2, 0.25) is 0 Å². The van der Waals surface area contributed by atoms with E-state index >= 15 is 0 Å². The Morgan fingerprint density at radius 2 is 2.11 bits per heavy atom. The van der Waals surface area contributed by atoms with Gasteiger partial charge in [-0.1, -0.05) is 13.8 Å². The Bertz CT molecular complexity index is 277. The van der Waals surface area contributed by atoms with Crippen LogP contribution in [0.4, 0.5) is 0 Å². The lowest BCUT2D eigenvalue weighted by atomic mass is 10.2. The average molecular weight is 270 g/mol. The summed E-state index contributed by atoms with van der Waals surface area (Å²) in [5, 5.41) is 0. The van der Waals surface area contributed by atoms with Crippen LogP contribution in [0.2, 0.25) is 0 Å². The predicted octanol–water partition coefficient (Wildman–Crippen LogP) is 1.000. The quantitative estimate of drug-likeness (QED) is 0.578. The van der Waals surface area contributed by atoms with Crippen molar-refractivity contribution >= 4 is 5.96 Å². The summed E-state index contributed by atoms with van der Waals surface area (Å²) in [6.07, 6.45) is 0.182. The van der Waals surface area contributed by atoms with E-state index in [1.807, 2.05) is 0 Å². The highest BCUT2D eigenvalue weighted by atomic mass is 16.5. The van der Waals surface area contributed by atoms with Gasteiger partial charge < -0.3 is 15.4 Å². The van der Waals surface area contributed by atoms with Gasteiger partial charge in [0.1, 0.15) is 0 Å². The predicted molar refractivity (Wildman–Crippen MR) is 80.4 cm³/mol. The number of hydrogen-bond donors (Lipinski definition) is 1. The molecular weight excluding hydrogens is 240 g/mol. The number of guanidine groups is 1. The molecule has 5 nitrogen and oxygen atoms in total. The maximum absolute atomic E-state index is 5.98. The van der Waals surface area contributed by atoms with Crippen LogP contribution in [0.25, 0.3) is 0 Å². The highest BCUT2D eigenvalue weighted by Crippen LogP contribution is 2.08. The van der Waals surface area contributed by atoms with Crippen LogP contribution in [0.3, 0.4) is 0 Å². The first-order valence-electron chi connectivity index (χ1n) is 7.45. The van der Waals surface area contributed by atoms with Gasteiger partial charge in [-0.25, -0.2) is 0 Å². The zero-order chi connectivity index (χ0) is 14.3. The Kier molecular flexibility index (Phi) is 7.16. The van der Waals surface area contributed by atoms with Gasteiger partial charge >= 0.3 is 0 Å². The van der Waals surface area contributed by atoms with Gasteiger partial charge in [0.25, 0.3) is 0 Å². The molecule has 0 aromatic rings. The standard InChI is InChI=1S/C14H30N4O/c1-5-18(6-2)14(15)16-9-13-11-17(7-8-19-13)10-12(3)4/h12-13H,5-11H2,1-4H3,(H2,15,16). The summed E-state index contributed by atoms with van der Waals surface area (Å²) in [6, 6.07) is 0. The van der Waals surface area contributed by atoms with Crippen LogP contribution < -0.4 is 5.73 Å². The summed E-state index contributed by atoms with van der Waals surface area (Å²) in [7, 11) is 0. The van der Waals surface area contributed by atoms with Crippen LogP contribution in [0.5, 0.6) is 0 Å². The lowest BCUT2D eigenvalue weighted by Gasteiger charge is -2.33. The maximum atomic E-state index is 5.98. The van der Waals surface area contributed by atoms with Gasteiger partial charge in [-0.15, -0.1) is 0 Å². The van der Waals surface area contributed by atoms with Gasteiger partial charge in [-0.2, -0.15) is 0 Å². The summed E-state index contributed by atoms with van der Waals surface area (Å²) in [4.78, 5) is 9.00. The molecule has 1 unspecified atom stereocenters. The molecule has 112 valence electrons. The largest absolute Gasteiger partial charge is 0.374 e. The van der Waals surface area contributed by atoms with Crippen molar-refractivity contribution in [1.29, 1.82) is 0 Å². The van der Waals surface area contributed by atoms with Gasteiger partial charge in [-0.05, 0) is 19.8 Å². The fourth-order valence-electron chi connectivity index (χ4n) is 2.42. The molecule has 2 N–H and O–H groups in total. The number of nitrogens with two attached hydrogens (primary N) is 1. The molecule has 0 saturated carbocycles. The van der Waals surface area contributed by atoms with Gasteiger partial charge in [0.15, 0.2) is 5.96 Å². The van der Waals surface area contributed by atoms with E-state index in [0.717, 1.165) is 39.3 Å². The van der Waals surface area contributed by atoms with E-state index in [0.29, 0.717) is 18.4 Å². The number of ether oxygens (including phenoxy) is 1. The summed E-state index contributed by atoms with van der Waals surface area (Å²) < 4.78 is 5.76. The van der Waals surface area contributed by atoms with Crippen molar-refractivity contribution in [3.63, 3.8) is 0 Å². The van der Waals surface area contributed by atoms with Gasteiger partial charge in [0.05, 0.1) is 19.3 Å². The number of rotatable bonds is 6. The second kappa shape index (κ2) is 8.38. The van der Waals surface area contributed by atoms with Crippen molar-refractivity contribution in [3.05, 3.63) is 0 Å². The van der Waals surface area contributed by atoms with Crippen molar-refractivity contribution in [2.45, 2.75) is 33.8 Å². The molecule has 1 heterocycles. The van der Waals surface area contributed by atoms with Crippen molar-refractivity contribution < 1.29 is 4.74 Å². The second-order valence-electron chi connectivity index (χ2n) is 5.52. The number of aliphatic imine (C=N–C) groups is 1. The lowest BCUT2D eigenvalue weighted by molar-refractivity contribution is -0.0262. The Morgan fingerprint density at radius 3 is 2.68 bits per heavy atom. The molecule has 0 aliphatic carbocycles. The van der Waals surface area contributed by atoms with E-state index in [9.17, 15) is 0 Å². The van der Waals surface area contributed by atoms with E-state index in [2.05, 4.69) is 42.5 Å². The third-order valence-corrected chi connectivity index (χ3v) is 3.39. The molecular formula is C14H30N4O. The monoisotopic (exact) mass is 270 g/mol. The zero-order valence-electron chi connectivity index (χ0n) is 12.9. The smallest absolute Gasteiger partial charge is 0.191 e. The molecule has 0 aromatic carbocycles. The van der Waals surface area contributed by atoms with Crippen LogP contribution >= 0.6 is 0 Å². The van der Waals surface area contributed by atoms with Gasteiger partial charge in [0, 0.05) is 32.7 Å². The summed E-state index contributed by atoms with van der Waals surface area (Å²) in [5.74, 6) is 1.33. The molecule has 0 aromatic heterocycles. The fraction of sp³-hybridized carbons (Fsp3) is 0.929. The van der Waals surface area contributed by atoms with Crippen LogP contribution in [0.15, 0.2) is 4.99 Å². The lowest BCUT2D eigenvalue weighted by Crippen LogP contribution is -2.45. The van der Waals surface area contributed by atoms with Crippen molar-refractivity contribution in [1.82, 2.24) is 9.80 Å². The van der Waals surface area contributed by atoms with Crippen LogP contribution in [-0.2, 0) is 4.74 Å². The highest BCUT2D eigenvalue weighted by molar-refractivity contribution is 5.78. The Morgan fingerprint density at radius 1 is 1.42 bits per heavy atom. The normalized spacial score (nSPS) is 21.9. The van der Waals surface area contributed by atoms with Crippen molar-refractivity contribution in [2.75, 3.05) is 45.9 Å². The average Bonchev–Trinajstić information content (AvgIpc) is 2.37. The number of nitrogens with zero attached hydrogens (tertiary/aromatic N) is 3.